The standard InChI is InChI=1S/C31H36ClN6O2S2/c1-5-31(2,3)42(4)40-15-14-38-17-23-25(37-38)11-10-22-27-29(34-19-35-30(27)41-28(22)23)36-20-9-12-26(24(32)16-20)39-18-21-8-6-7-13-33-21/h6-9,12-13,16,19,23H,5,10-11,14-15,17-18H2,1-4H3,(H,34,35,36)/q+1. The van der Waals surface area contributed by atoms with Crippen LogP contribution in [-0.2, 0) is 28.4 Å². The largest absolute Gasteiger partial charge is 0.486 e. The van der Waals surface area contributed by atoms with Gasteiger partial charge in [0.15, 0.2) is 4.75 Å². The number of fused-ring (bicyclic) bond motifs is 5. The molecule has 4 aromatic rings. The summed E-state index contributed by atoms with van der Waals surface area (Å²) < 4.78 is 12.3. The van der Waals surface area contributed by atoms with Crippen LogP contribution < -0.4 is 10.1 Å². The van der Waals surface area contributed by atoms with Crippen LogP contribution in [0.4, 0.5) is 11.5 Å². The van der Waals surface area contributed by atoms with Crippen LogP contribution >= 0.6 is 22.9 Å². The number of hydrogen-bond acceptors (Lipinski definition) is 9. The summed E-state index contributed by atoms with van der Waals surface area (Å²) in [7, 11) is 0. The molecule has 0 spiro atoms. The highest BCUT2D eigenvalue weighted by Gasteiger charge is 2.38. The number of hydrazone groups is 1. The predicted octanol–water partition coefficient (Wildman–Crippen LogP) is 7.13. The van der Waals surface area contributed by atoms with Crippen molar-refractivity contribution in [2.75, 3.05) is 31.3 Å². The second kappa shape index (κ2) is 12.4. The van der Waals surface area contributed by atoms with Gasteiger partial charge in [0.1, 0.15) is 53.4 Å². The molecule has 0 fully saturated rings. The number of aromatic nitrogens is 3. The second-order valence-corrected chi connectivity index (χ2v) is 14.9. The molecule has 0 bridgehead atoms. The molecule has 11 heteroatoms. The van der Waals surface area contributed by atoms with E-state index in [9.17, 15) is 0 Å². The minimum Gasteiger partial charge on any atom is -0.486 e. The van der Waals surface area contributed by atoms with Gasteiger partial charge in [-0.3, -0.25) is 9.99 Å². The molecule has 3 aromatic heterocycles. The maximum absolute atomic E-state index is 6.59. The van der Waals surface area contributed by atoms with Gasteiger partial charge < -0.3 is 10.1 Å². The Morgan fingerprint density at radius 2 is 2.05 bits per heavy atom. The molecule has 42 heavy (non-hydrogen) atoms. The molecule has 220 valence electrons. The van der Waals surface area contributed by atoms with Gasteiger partial charge in [-0.15, -0.1) is 11.3 Å². The predicted molar refractivity (Wildman–Crippen MR) is 174 cm³/mol. The molecule has 0 saturated carbocycles. The van der Waals surface area contributed by atoms with E-state index in [2.05, 4.69) is 52.3 Å². The molecule has 1 aromatic carbocycles. The summed E-state index contributed by atoms with van der Waals surface area (Å²) in [5.74, 6) is 1.71. The van der Waals surface area contributed by atoms with E-state index in [0.29, 0.717) is 29.9 Å². The summed E-state index contributed by atoms with van der Waals surface area (Å²) >= 11 is 8.28. The van der Waals surface area contributed by atoms with E-state index in [1.165, 1.54) is 16.2 Å². The first-order valence-electron chi connectivity index (χ1n) is 14.3. The summed E-state index contributed by atoms with van der Waals surface area (Å²) in [5, 5.41) is 12.3. The summed E-state index contributed by atoms with van der Waals surface area (Å²) in [6.45, 7) is 9.53. The molecule has 1 aliphatic heterocycles. The van der Waals surface area contributed by atoms with Crippen molar-refractivity contribution in [3.05, 3.63) is 70.1 Å². The van der Waals surface area contributed by atoms with Crippen molar-refractivity contribution in [2.45, 2.75) is 57.3 Å². The molecular formula is C31H36ClN6O2S2+. The Morgan fingerprint density at radius 3 is 2.83 bits per heavy atom. The van der Waals surface area contributed by atoms with Gasteiger partial charge in [-0.25, -0.2) is 9.97 Å². The Labute approximate surface area is 259 Å². The maximum atomic E-state index is 6.59. The number of anilines is 2. The third-order valence-electron chi connectivity index (χ3n) is 8.17. The summed E-state index contributed by atoms with van der Waals surface area (Å²) in [5.41, 5.74) is 4.30. The molecule has 1 N–H and O–H groups in total. The smallest absolute Gasteiger partial charge is 0.154 e. The number of thiophene rings is 1. The first-order chi connectivity index (χ1) is 20.3. The molecule has 0 amide bonds. The van der Waals surface area contributed by atoms with E-state index >= 15 is 0 Å². The minimum absolute atomic E-state index is 0.0808. The van der Waals surface area contributed by atoms with Crippen molar-refractivity contribution in [3.63, 3.8) is 0 Å². The van der Waals surface area contributed by atoms with E-state index in [0.717, 1.165) is 59.8 Å². The Hall–Kier alpha value is -2.92. The molecule has 0 radical (unpaired) electrons. The Bertz CT molecular complexity index is 1600. The number of pyridine rings is 1. The van der Waals surface area contributed by atoms with Gasteiger partial charge >= 0.3 is 0 Å². The zero-order valence-electron chi connectivity index (χ0n) is 24.4. The van der Waals surface area contributed by atoms with Gasteiger partial charge in [0.05, 0.1) is 28.6 Å². The highest BCUT2D eigenvalue weighted by molar-refractivity contribution is 7.93. The fraction of sp³-hybridized carbons (Fsp3) is 0.419. The zero-order chi connectivity index (χ0) is 29.3. The van der Waals surface area contributed by atoms with Crippen LogP contribution in [0, 0.1) is 0 Å². The fourth-order valence-electron chi connectivity index (χ4n) is 5.19. The molecule has 2 unspecified atom stereocenters. The molecule has 2 aliphatic rings. The number of halogens is 1. The average molecular weight is 624 g/mol. The Balaban J connectivity index is 1.15. The van der Waals surface area contributed by atoms with Crippen LogP contribution in [0.2, 0.25) is 5.02 Å². The molecule has 2 atom stereocenters. The molecule has 1 aliphatic carbocycles. The second-order valence-electron chi connectivity index (χ2n) is 11.2. The van der Waals surface area contributed by atoms with Gasteiger partial charge in [-0.05, 0) is 69.0 Å². The lowest BCUT2D eigenvalue weighted by Gasteiger charge is -2.21. The number of nitrogens with one attached hydrogen (secondary N) is 1. The first-order valence-corrected chi connectivity index (χ1v) is 17.0. The van der Waals surface area contributed by atoms with Crippen molar-refractivity contribution in [1.29, 1.82) is 0 Å². The van der Waals surface area contributed by atoms with Crippen LogP contribution in [0.5, 0.6) is 5.75 Å². The van der Waals surface area contributed by atoms with Gasteiger partial charge in [0.2, 0.25) is 0 Å². The summed E-state index contributed by atoms with van der Waals surface area (Å²) in [6.07, 6.45) is 8.57. The number of hydrogen-bond donors (Lipinski definition) is 1. The number of benzene rings is 1. The lowest BCUT2D eigenvalue weighted by Crippen LogP contribution is -2.34. The van der Waals surface area contributed by atoms with Gasteiger partial charge in [0.25, 0.3) is 0 Å². The monoisotopic (exact) mass is 623 g/mol. The van der Waals surface area contributed by atoms with Crippen molar-refractivity contribution >= 4 is 61.5 Å². The van der Waals surface area contributed by atoms with Crippen molar-refractivity contribution < 1.29 is 8.92 Å². The van der Waals surface area contributed by atoms with Crippen LogP contribution in [0.3, 0.4) is 0 Å². The van der Waals surface area contributed by atoms with Crippen molar-refractivity contribution in [1.82, 2.24) is 20.0 Å². The van der Waals surface area contributed by atoms with Crippen LogP contribution in [0.1, 0.15) is 55.7 Å². The first kappa shape index (κ1) is 29.2. The normalized spacial score (nSPS) is 17.1. The van der Waals surface area contributed by atoms with E-state index in [4.69, 9.17) is 25.6 Å². The third kappa shape index (κ3) is 6.08. The minimum atomic E-state index is -0.0808. The number of ether oxygens (including phenoxy) is 1. The summed E-state index contributed by atoms with van der Waals surface area (Å²) in [6, 6.07) is 11.4. The highest BCUT2D eigenvalue weighted by atomic mass is 35.5. The maximum Gasteiger partial charge on any atom is 0.154 e. The van der Waals surface area contributed by atoms with E-state index in [-0.39, 0.29) is 15.9 Å². The number of nitrogens with zero attached hydrogens (tertiary/aromatic N) is 5. The lowest BCUT2D eigenvalue weighted by atomic mass is 9.87. The van der Waals surface area contributed by atoms with Crippen molar-refractivity contribution in [3.8, 4) is 5.75 Å². The quantitative estimate of drug-likeness (QED) is 0.178. The zero-order valence-corrected chi connectivity index (χ0v) is 26.8. The van der Waals surface area contributed by atoms with Gasteiger partial charge in [0, 0.05) is 29.0 Å². The van der Waals surface area contributed by atoms with Crippen LogP contribution in [0.15, 0.2) is 54.0 Å². The topological polar surface area (TPSA) is 84.8 Å². The summed E-state index contributed by atoms with van der Waals surface area (Å²) in [4.78, 5) is 16.0. The SMILES string of the molecule is CCC(C)(C)[S+](C)OCCN1CC2C(=N1)CCc1c2sc2ncnc(Nc3ccc(OCc4ccccn4)c(Cl)c3)c12. The van der Waals surface area contributed by atoms with Gasteiger partial charge in [-0.1, -0.05) is 24.6 Å². The fourth-order valence-corrected chi connectivity index (χ4v) is 7.79. The third-order valence-corrected chi connectivity index (χ3v) is 12.1. The van der Waals surface area contributed by atoms with E-state index < -0.39 is 0 Å². The lowest BCUT2D eigenvalue weighted by molar-refractivity contribution is 0.239. The molecular weight excluding hydrogens is 588 g/mol. The Kier molecular flexibility index (Phi) is 8.58. The number of aryl methyl sites for hydroxylation is 1. The number of rotatable bonds is 11. The average Bonchev–Trinajstić information content (AvgIpc) is 3.59. The van der Waals surface area contributed by atoms with E-state index in [1.54, 1.807) is 23.9 Å². The van der Waals surface area contributed by atoms with Gasteiger partial charge in [-0.2, -0.15) is 9.28 Å². The van der Waals surface area contributed by atoms with Crippen LogP contribution in [-0.4, -0.2) is 56.4 Å². The molecule has 4 heterocycles. The van der Waals surface area contributed by atoms with Crippen LogP contribution in [0.25, 0.3) is 10.2 Å². The molecule has 8 nitrogen and oxygen atoms in total. The molecule has 0 saturated heterocycles. The van der Waals surface area contributed by atoms with E-state index in [1.807, 2.05) is 36.4 Å². The highest BCUT2D eigenvalue weighted by Crippen LogP contribution is 2.45. The Morgan fingerprint density at radius 1 is 1.17 bits per heavy atom. The van der Waals surface area contributed by atoms with Crippen molar-refractivity contribution in [2.24, 2.45) is 5.10 Å². The molecule has 6 rings (SSSR count).